The van der Waals surface area contributed by atoms with Crippen LogP contribution in [0.3, 0.4) is 0 Å². The summed E-state index contributed by atoms with van der Waals surface area (Å²) < 4.78 is 1.50. The molecular weight excluding hydrogens is 296 g/mol. The second-order valence-corrected chi connectivity index (χ2v) is 5.19. The quantitative estimate of drug-likeness (QED) is 0.628. The van der Waals surface area contributed by atoms with Crippen LogP contribution in [0.25, 0.3) is 11.3 Å². The summed E-state index contributed by atoms with van der Waals surface area (Å²) in [5, 5.41) is 11.2. The van der Waals surface area contributed by atoms with Crippen LogP contribution in [0.15, 0.2) is 47.3 Å². The van der Waals surface area contributed by atoms with Crippen LogP contribution in [0.2, 0.25) is 0 Å². The summed E-state index contributed by atoms with van der Waals surface area (Å²) in [6.45, 7) is 4.05. The van der Waals surface area contributed by atoms with E-state index in [2.05, 4.69) is 15.7 Å². The van der Waals surface area contributed by atoms with Gasteiger partial charge in [0.1, 0.15) is 0 Å². The first-order valence-corrected chi connectivity index (χ1v) is 7.77. The molecule has 0 saturated carbocycles. The topological polar surface area (TPSA) is 58.9 Å². The van der Waals surface area contributed by atoms with Gasteiger partial charge in [-0.15, -0.1) is 0 Å². The molecule has 2 aromatic rings. The highest BCUT2D eigenvalue weighted by molar-refractivity contribution is 7.80. The zero-order valence-electron chi connectivity index (χ0n) is 12.6. The zero-order valence-corrected chi connectivity index (χ0v) is 13.4. The number of hydrogen-bond acceptors (Lipinski definition) is 3. The van der Waals surface area contributed by atoms with Gasteiger partial charge in [0.25, 0.3) is 5.56 Å². The van der Waals surface area contributed by atoms with Crippen molar-refractivity contribution in [1.82, 2.24) is 20.4 Å². The molecule has 0 aliphatic carbocycles. The Morgan fingerprint density at radius 3 is 2.68 bits per heavy atom. The maximum Gasteiger partial charge on any atom is 0.266 e. The Balaban J connectivity index is 1.96. The van der Waals surface area contributed by atoms with Crippen LogP contribution in [-0.4, -0.2) is 28.0 Å². The molecule has 0 aliphatic heterocycles. The molecule has 0 spiro atoms. The van der Waals surface area contributed by atoms with E-state index in [1.165, 1.54) is 4.68 Å². The molecule has 5 nitrogen and oxygen atoms in total. The predicted octanol–water partition coefficient (Wildman–Crippen LogP) is 1.78. The van der Waals surface area contributed by atoms with Crippen molar-refractivity contribution in [2.75, 3.05) is 13.1 Å². The monoisotopic (exact) mass is 316 g/mol. The van der Waals surface area contributed by atoms with Gasteiger partial charge in [-0.1, -0.05) is 30.3 Å². The summed E-state index contributed by atoms with van der Waals surface area (Å²) in [6, 6.07) is 13.1. The first kappa shape index (κ1) is 16.2. The molecule has 22 heavy (non-hydrogen) atoms. The Hall–Kier alpha value is -2.21. The third-order valence-electron chi connectivity index (χ3n) is 3.11. The maximum absolute atomic E-state index is 11.9. The number of thiocarbonyl (C=S) groups is 1. The van der Waals surface area contributed by atoms with E-state index in [0.717, 1.165) is 24.2 Å². The summed E-state index contributed by atoms with van der Waals surface area (Å²) in [7, 11) is 0. The molecule has 0 unspecified atom stereocenters. The largest absolute Gasteiger partial charge is 0.363 e. The number of nitrogens with one attached hydrogen (secondary N) is 2. The molecule has 1 aromatic carbocycles. The van der Waals surface area contributed by atoms with E-state index in [4.69, 9.17) is 12.2 Å². The molecule has 0 aliphatic rings. The maximum atomic E-state index is 11.9. The highest BCUT2D eigenvalue weighted by Crippen LogP contribution is 2.13. The molecule has 0 fully saturated rings. The number of aryl methyl sites for hydroxylation is 1. The molecule has 116 valence electrons. The van der Waals surface area contributed by atoms with Crippen molar-refractivity contribution in [2.45, 2.75) is 19.9 Å². The van der Waals surface area contributed by atoms with Gasteiger partial charge < -0.3 is 10.6 Å². The van der Waals surface area contributed by atoms with E-state index in [-0.39, 0.29) is 5.56 Å². The third kappa shape index (κ3) is 4.66. The lowest BCUT2D eigenvalue weighted by Crippen LogP contribution is -2.36. The van der Waals surface area contributed by atoms with E-state index in [9.17, 15) is 4.79 Å². The average molecular weight is 316 g/mol. The molecule has 0 atom stereocenters. The van der Waals surface area contributed by atoms with Gasteiger partial charge in [-0.3, -0.25) is 4.79 Å². The molecule has 2 N–H and O–H groups in total. The van der Waals surface area contributed by atoms with Gasteiger partial charge in [-0.25, -0.2) is 4.68 Å². The Kier molecular flexibility index (Phi) is 6.09. The minimum Gasteiger partial charge on any atom is -0.363 e. The van der Waals surface area contributed by atoms with E-state index >= 15 is 0 Å². The Morgan fingerprint density at radius 2 is 1.95 bits per heavy atom. The van der Waals surface area contributed by atoms with Crippen LogP contribution < -0.4 is 16.2 Å². The highest BCUT2D eigenvalue weighted by atomic mass is 32.1. The normalized spacial score (nSPS) is 10.2. The van der Waals surface area contributed by atoms with Gasteiger partial charge in [-0.2, -0.15) is 5.10 Å². The number of hydrogen-bond donors (Lipinski definition) is 2. The van der Waals surface area contributed by atoms with Gasteiger partial charge in [0, 0.05) is 31.3 Å². The number of benzene rings is 1. The van der Waals surface area contributed by atoms with Gasteiger partial charge in [0.15, 0.2) is 5.11 Å². The SMILES string of the molecule is CCNC(=S)NCCCn1nc(-c2ccccc2)ccc1=O. The van der Waals surface area contributed by atoms with Gasteiger partial charge >= 0.3 is 0 Å². The summed E-state index contributed by atoms with van der Waals surface area (Å²) in [6.07, 6.45) is 0.774. The standard InChI is InChI=1S/C16H20N4OS/c1-2-17-16(22)18-11-6-12-20-15(21)10-9-14(19-20)13-7-4-3-5-8-13/h3-5,7-10H,2,6,11-12H2,1H3,(H2,17,18,22). The van der Waals surface area contributed by atoms with Crippen LogP contribution >= 0.6 is 12.2 Å². The Morgan fingerprint density at radius 1 is 1.18 bits per heavy atom. The van der Waals surface area contributed by atoms with Crippen molar-refractivity contribution in [2.24, 2.45) is 0 Å². The summed E-state index contributed by atoms with van der Waals surface area (Å²) in [5.41, 5.74) is 1.72. The van der Waals surface area contributed by atoms with E-state index in [1.807, 2.05) is 37.3 Å². The van der Waals surface area contributed by atoms with E-state index < -0.39 is 0 Å². The third-order valence-corrected chi connectivity index (χ3v) is 3.39. The average Bonchev–Trinajstić information content (AvgIpc) is 2.54. The second-order valence-electron chi connectivity index (χ2n) is 4.79. The van der Waals surface area contributed by atoms with Crippen LogP contribution in [0, 0.1) is 0 Å². The molecule has 1 aromatic heterocycles. The molecule has 0 bridgehead atoms. The van der Waals surface area contributed by atoms with E-state index in [0.29, 0.717) is 18.2 Å². The zero-order chi connectivity index (χ0) is 15.8. The van der Waals surface area contributed by atoms with Crippen LogP contribution in [0.4, 0.5) is 0 Å². The second kappa shape index (κ2) is 8.29. The fourth-order valence-electron chi connectivity index (χ4n) is 2.03. The van der Waals surface area contributed by atoms with Gasteiger partial charge in [0.2, 0.25) is 0 Å². The first-order chi connectivity index (χ1) is 10.7. The summed E-state index contributed by atoms with van der Waals surface area (Å²) in [4.78, 5) is 11.9. The molecule has 0 amide bonds. The van der Waals surface area contributed by atoms with Crippen molar-refractivity contribution >= 4 is 17.3 Å². The lowest BCUT2D eigenvalue weighted by atomic mass is 10.1. The van der Waals surface area contributed by atoms with Crippen molar-refractivity contribution in [3.05, 3.63) is 52.8 Å². The fourth-order valence-corrected chi connectivity index (χ4v) is 2.27. The van der Waals surface area contributed by atoms with Crippen molar-refractivity contribution in [3.63, 3.8) is 0 Å². The summed E-state index contributed by atoms with van der Waals surface area (Å²) in [5.74, 6) is 0. The smallest absolute Gasteiger partial charge is 0.266 e. The Labute approximate surface area is 135 Å². The Bertz CT molecular complexity index is 669. The van der Waals surface area contributed by atoms with Crippen LogP contribution in [0.5, 0.6) is 0 Å². The minimum absolute atomic E-state index is 0.0889. The lowest BCUT2D eigenvalue weighted by Gasteiger charge is -2.10. The summed E-state index contributed by atoms with van der Waals surface area (Å²) >= 11 is 5.09. The van der Waals surface area contributed by atoms with Gasteiger partial charge in [0.05, 0.1) is 5.69 Å². The molecule has 6 heteroatoms. The van der Waals surface area contributed by atoms with Crippen molar-refractivity contribution in [1.29, 1.82) is 0 Å². The predicted molar refractivity (Wildman–Crippen MR) is 92.8 cm³/mol. The highest BCUT2D eigenvalue weighted by Gasteiger charge is 2.03. The van der Waals surface area contributed by atoms with Crippen molar-refractivity contribution in [3.8, 4) is 11.3 Å². The van der Waals surface area contributed by atoms with Crippen molar-refractivity contribution < 1.29 is 0 Å². The van der Waals surface area contributed by atoms with Crippen LogP contribution in [0.1, 0.15) is 13.3 Å². The molecule has 2 rings (SSSR count). The molecule has 1 heterocycles. The number of rotatable bonds is 6. The van der Waals surface area contributed by atoms with Gasteiger partial charge in [-0.05, 0) is 31.6 Å². The molecular formula is C16H20N4OS. The first-order valence-electron chi connectivity index (χ1n) is 7.36. The lowest BCUT2D eigenvalue weighted by molar-refractivity contribution is 0.546. The fraction of sp³-hybridized carbons (Fsp3) is 0.312. The van der Waals surface area contributed by atoms with Crippen LogP contribution in [-0.2, 0) is 6.54 Å². The molecule has 0 radical (unpaired) electrons. The molecule has 0 saturated heterocycles. The minimum atomic E-state index is -0.0889. The number of aromatic nitrogens is 2. The van der Waals surface area contributed by atoms with E-state index in [1.54, 1.807) is 12.1 Å². The number of nitrogens with zero attached hydrogens (tertiary/aromatic N) is 2.